The number of nitrogens with zero attached hydrogens (tertiary/aromatic N) is 2. The van der Waals surface area contributed by atoms with Gasteiger partial charge in [-0.3, -0.25) is 0 Å². The Kier molecular flexibility index (Phi) is 5.56. The first-order chi connectivity index (χ1) is 9.70. The number of rotatable bonds is 6. The highest BCUT2D eigenvalue weighted by Crippen LogP contribution is 2.28. The van der Waals surface area contributed by atoms with Crippen molar-refractivity contribution in [2.45, 2.75) is 58.4 Å². The van der Waals surface area contributed by atoms with Gasteiger partial charge in [-0.1, -0.05) is 26.2 Å². The summed E-state index contributed by atoms with van der Waals surface area (Å²) < 4.78 is 13.8. The van der Waals surface area contributed by atoms with Gasteiger partial charge in [-0.15, -0.1) is 0 Å². The van der Waals surface area contributed by atoms with Gasteiger partial charge in [-0.2, -0.15) is 4.98 Å². The van der Waals surface area contributed by atoms with Gasteiger partial charge >= 0.3 is 0 Å². The second kappa shape index (κ2) is 7.41. The van der Waals surface area contributed by atoms with Crippen LogP contribution in [0.4, 0.5) is 16.2 Å². The lowest BCUT2D eigenvalue weighted by Crippen LogP contribution is -2.28. The third-order valence-corrected chi connectivity index (χ3v) is 4.00. The van der Waals surface area contributed by atoms with Crippen LogP contribution in [0.25, 0.3) is 0 Å². The minimum absolute atomic E-state index is 0.249. The third kappa shape index (κ3) is 4.05. The zero-order chi connectivity index (χ0) is 14.4. The SMILES string of the molecule is CCCNc1ncc(F)c(NC(C)C2CCCCC2)n1. The fourth-order valence-corrected chi connectivity index (χ4v) is 2.76. The molecule has 0 bridgehead atoms. The summed E-state index contributed by atoms with van der Waals surface area (Å²) in [6.45, 7) is 4.99. The lowest BCUT2D eigenvalue weighted by atomic mass is 9.84. The molecule has 0 radical (unpaired) electrons. The smallest absolute Gasteiger partial charge is 0.224 e. The standard InChI is InChI=1S/C15H25FN4/c1-3-9-17-15-18-10-13(16)14(20-15)19-11(2)12-7-5-4-6-8-12/h10-12H,3-9H2,1-2H3,(H2,17,18,19,20). The minimum atomic E-state index is -0.380. The highest BCUT2D eigenvalue weighted by molar-refractivity contribution is 5.41. The maximum atomic E-state index is 13.8. The first-order valence-electron chi connectivity index (χ1n) is 7.73. The summed E-state index contributed by atoms with van der Waals surface area (Å²) in [5.41, 5.74) is 0. The van der Waals surface area contributed by atoms with Crippen molar-refractivity contribution in [1.82, 2.24) is 9.97 Å². The van der Waals surface area contributed by atoms with Crippen molar-refractivity contribution in [2.24, 2.45) is 5.92 Å². The van der Waals surface area contributed by atoms with E-state index in [0.717, 1.165) is 13.0 Å². The predicted molar refractivity (Wildman–Crippen MR) is 80.4 cm³/mol. The molecule has 20 heavy (non-hydrogen) atoms. The summed E-state index contributed by atoms with van der Waals surface area (Å²) in [5.74, 6) is 1.04. The van der Waals surface area contributed by atoms with Crippen LogP contribution in [0, 0.1) is 11.7 Å². The molecule has 2 rings (SSSR count). The van der Waals surface area contributed by atoms with Gasteiger partial charge in [0.2, 0.25) is 5.95 Å². The number of anilines is 2. The van der Waals surface area contributed by atoms with Crippen molar-refractivity contribution >= 4 is 11.8 Å². The molecule has 4 nitrogen and oxygen atoms in total. The van der Waals surface area contributed by atoms with E-state index in [4.69, 9.17) is 0 Å². The van der Waals surface area contributed by atoms with Crippen molar-refractivity contribution in [1.29, 1.82) is 0 Å². The maximum absolute atomic E-state index is 13.8. The molecule has 1 unspecified atom stereocenters. The van der Waals surface area contributed by atoms with Crippen LogP contribution >= 0.6 is 0 Å². The Labute approximate surface area is 120 Å². The van der Waals surface area contributed by atoms with Gasteiger partial charge in [-0.05, 0) is 32.1 Å². The largest absolute Gasteiger partial charge is 0.365 e. The van der Waals surface area contributed by atoms with Crippen molar-refractivity contribution in [2.75, 3.05) is 17.2 Å². The third-order valence-electron chi connectivity index (χ3n) is 4.00. The maximum Gasteiger partial charge on any atom is 0.224 e. The van der Waals surface area contributed by atoms with Crippen molar-refractivity contribution in [3.8, 4) is 0 Å². The average Bonchev–Trinajstić information content (AvgIpc) is 2.49. The number of hydrogen-bond acceptors (Lipinski definition) is 4. The van der Waals surface area contributed by atoms with E-state index >= 15 is 0 Å². The van der Waals surface area contributed by atoms with Crippen LogP contribution in [0.1, 0.15) is 52.4 Å². The lowest BCUT2D eigenvalue weighted by molar-refractivity contribution is 0.327. The predicted octanol–water partition coefficient (Wildman–Crippen LogP) is 3.82. The highest BCUT2D eigenvalue weighted by atomic mass is 19.1. The van der Waals surface area contributed by atoms with E-state index in [1.807, 2.05) is 0 Å². The van der Waals surface area contributed by atoms with Gasteiger partial charge in [-0.25, -0.2) is 9.37 Å². The Hall–Kier alpha value is -1.39. The molecule has 0 amide bonds. The molecule has 1 fully saturated rings. The Morgan fingerprint density at radius 1 is 1.35 bits per heavy atom. The van der Waals surface area contributed by atoms with Gasteiger partial charge in [0, 0.05) is 12.6 Å². The Balaban J connectivity index is 1.99. The monoisotopic (exact) mass is 280 g/mol. The minimum Gasteiger partial charge on any atom is -0.365 e. The molecule has 1 aromatic rings. The van der Waals surface area contributed by atoms with E-state index in [1.165, 1.54) is 38.3 Å². The first kappa shape index (κ1) is 15.0. The average molecular weight is 280 g/mol. The summed E-state index contributed by atoms with van der Waals surface area (Å²) >= 11 is 0. The molecule has 1 atom stereocenters. The van der Waals surface area contributed by atoms with E-state index < -0.39 is 0 Å². The van der Waals surface area contributed by atoms with E-state index in [9.17, 15) is 4.39 Å². The van der Waals surface area contributed by atoms with Gasteiger partial charge in [0.15, 0.2) is 11.6 Å². The molecular weight excluding hydrogens is 255 g/mol. The second-order valence-electron chi connectivity index (χ2n) is 5.65. The molecule has 1 aliphatic carbocycles. The van der Waals surface area contributed by atoms with E-state index in [-0.39, 0.29) is 11.9 Å². The summed E-state index contributed by atoms with van der Waals surface area (Å²) in [6, 6.07) is 0.249. The molecule has 1 saturated carbocycles. The van der Waals surface area contributed by atoms with E-state index in [1.54, 1.807) is 0 Å². The topological polar surface area (TPSA) is 49.8 Å². The molecule has 0 spiro atoms. The molecule has 1 aliphatic rings. The van der Waals surface area contributed by atoms with Gasteiger partial charge in [0.25, 0.3) is 0 Å². The molecule has 1 heterocycles. The Morgan fingerprint density at radius 3 is 2.80 bits per heavy atom. The fourth-order valence-electron chi connectivity index (χ4n) is 2.76. The molecule has 2 N–H and O–H groups in total. The van der Waals surface area contributed by atoms with Crippen molar-refractivity contribution in [3.63, 3.8) is 0 Å². The van der Waals surface area contributed by atoms with Crippen LogP contribution in [0.2, 0.25) is 0 Å². The normalized spacial score (nSPS) is 17.8. The quantitative estimate of drug-likeness (QED) is 0.831. The zero-order valence-corrected chi connectivity index (χ0v) is 12.5. The van der Waals surface area contributed by atoms with Crippen LogP contribution in [0.5, 0.6) is 0 Å². The van der Waals surface area contributed by atoms with Crippen LogP contribution in [-0.2, 0) is 0 Å². The summed E-state index contributed by atoms with van der Waals surface area (Å²) in [5, 5.41) is 6.32. The number of aromatic nitrogens is 2. The van der Waals surface area contributed by atoms with E-state index in [2.05, 4.69) is 34.4 Å². The molecule has 0 aliphatic heterocycles. The molecule has 0 saturated heterocycles. The van der Waals surface area contributed by atoms with Crippen molar-refractivity contribution in [3.05, 3.63) is 12.0 Å². The van der Waals surface area contributed by atoms with Gasteiger partial charge in [0.05, 0.1) is 6.20 Å². The Bertz CT molecular complexity index is 418. The van der Waals surface area contributed by atoms with Gasteiger partial charge in [0.1, 0.15) is 0 Å². The molecule has 1 aromatic heterocycles. The first-order valence-corrected chi connectivity index (χ1v) is 7.73. The summed E-state index contributed by atoms with van der Waals surface area (Å²) in [6.07, 6.45) is 8.57. The number of halogens is 1. The zero-order valence-electron chi connectivity index (χ0n) is 12.5. The van der Waals surface area contributed by atoms with Crippen LogP contribution < -0.4 is 10.6 Å². The number of nitrogens with one attached hydrogen (secondary N) is 2. The van der Waals surface area contributed by atoms with Crippen LogP contribution in [-0.4, -0.2) is 22.6 Å². The molecule has 0 aromatic carbocycles. The fraction of sp³-hybridized carbons (Fsp3) is 0.733. The van der Waals surface area contributed by atoms with Crippen molar-refractivity contribution < 1.29 is 4.39 Å². The summed E-state index contributed by atoms with van der Waals surface area (Å²) in [7, 11) is 0. The van der Waals surface area contributed by atoms with E-state index in [0.29, 0.717) is 17.7 Å². The number of hydrogen-bond donors (Lipinski definition) is 2. The molecule has 112 valence electrons. The lowest BCUT2D eigenvalue weighted by Gasteiger charge is -2.28. The second-order valence-corrected chi connectivity index (χ2v) is 5.65. The molecular formula is C15H25FN4. The highest BCUT2D eigenvalue weighted by Gasteiger charge is 2.21. The Morgan fingerprint density at radius 2 is 2.10 bits per heavy atom. The molecule has 5 heteroatoms. The summed E-state index contributed by atoms with van der Waals surface area (Å²) in [4.78, 5) is 8.20. The van der Waals surface area contributed by atoms with Crippen LogP contribution in [0.3, 0.4) is 0 Å². The van der Waals surface area contributed by atoms with Gasteiger partial charge < -0.3 is 10.6 Å². The van der Waals surface area contributed by atoms with Crippen LogP contribution in [0.15, 0.2) is 6.20 Å².